The van der Waals surface area contributed by atoms with E-state index in [2.05, 4.69) is 35.1 Å². The minimum absolute atomic E-state index is 0.516. The van der Waals surface area contributed by atoms with Crippen LogP contribution in [0.15, 0.2) is 12.3 Å². The van der Waals surface area contributed by atoms with Gasteiger partial charge in [-0.05, 0) is 24.5 Å². The van der Waals surface area contributed by atoms with Gasteiger partial charge in [-0.1, -0.05) is 13.8 Å². The summed E-state index contributed by atoms with van der Waals surface area (Å²) in [5.41, 5.74) is 3.24. The highest BCUT2D eigenvalue weighted by Crippen LogP contribution is 2.24. The molecule has 2 rings (SSSR count). The molecule has 68 valence electrons. The van der Waals surface area contributed by atoms with Crippen LogP contribution in [0.5, 0.6) is 0 Å². The van der Waals surface area contributed by atoms with Gasteiger partial charge in [0.1, 0.15) is 0 Å². The summed E-state index contributed by atoms with van der Waals surface area (Å²) in [6.07, 6.45) is 1.82. The van der Waals surface area contributed by atoms with Crippen LogP contribution in [0, 0.1) is 6.92 Å². The van der Waals surface area contributed by atoms with Gasteiger partial charge in [0.15, 0.2) is 5.65 Å². The van der Waals surface area contributed by atoms with Crippen LogP contribution >= 0.6 is 0 Å². The maximum Gasteiger partial charge on any atom is 0.181 e. The standard InChI is InChI=1S/C10H13N3/c1-6(2)8-4-5-11-10-9(8)7(3)12-13-10/h4-6H,1-3H3,(H,11,12,13). The van der Waals surface area contributed by atoms with E-state index in [0.29, 0.717) is 5.92 Å². The number of rotatable bonds is 1. The molecule has 0 atom stereocenters. The lowest BCUT2D eigenvalue weighted by atomic mass is 10.0. The van der Waals surface area contributed by atoms with Crippen molar-refractivity contribution in [3.05, 3.63) is 23.5 Å². The highest BCUT2D eigenvalue weighted by atomic mass is 15.1. The summed E-state index contributed by atoms with van der Waals surface area (Å²) in [5.74, 6) is 0.516. The molecule has 0 saturated heterocycles. The van der Waals surface area contributed by atoms with Crippen LogP contribution in [0.3, 0.4) is 0 Å². The summed E-state index contributed by atoms with van der Waals surface area (Å²) in [6, 6.07) is 2.06. The van der Waals surface area contributed by atoms with E-state index in [1.807, 2.05) is 13.1 Å². The van der Waals surface area contributed by atoms with Gasteiger partial charge in [-0.3, -0.25) is 5.10 Å². The molecule has 13 heavy (non-hydrogen) atoms. The molecular weight excluding hydrogens is 162 g/mol. The van der Waals surface area contributed by atoms with E-state index in [1.54, 1.807) is 0 Å². The number of aromatic amines is 1. The highest BCUT2D eigenvalue weighted by molar-refractivity contribution is 5.81. The summed E-state index contributed by atoms with van der Waals surface area (Å²) < 4.78 is 0. The lowest BCUT2D eigenvalue weighted by Gasteiger charge is -2.05. The highest BCUT2D eigenvalue weighted by Gasteiger charge is 2.09. The molecule has 2 aromatic rings. The molecule has 3 heteroatoms. The number of H-pyrrole nitrogens is 1. The summed E-state index contributed by atoms with van der Waals surface area (Å²) in [7, 11) is 0. The maximum atomic E-state index is 4.20. The second-order valence-corrected chi connectivity index (χ2v) is 3.60. The monoisotopic (exact) mass is 175 g/mol. The first-order chi connectivity index (χ1) is 6.20. The van der Waals surface area contributed by atoms with Crippen molar-refractivity contribution in [3.63, 3.8) is 0 Å². The zero-order valence-corrected chi connectivity index (χ0v) is 8.13. The van der Waals surface area contributed by atoms with Crippen molar-refractivity contribution in [3.8, 4) is 0 Å². The van der Waals surface area contributed by atoms with E-state index in [1.165, 1.54) is 10.9 Å². The van der Waals surface area contributed by atoms with Gasteiger partial charge in [-0.15, -0.1) is 0 Å². The Kier molecular flexibility index (Phi) is 1.79. The van der Waals surface area contributed by atoms with Gasteiger partial charge in [0.25, 0.3) is 0 Å². The first-order valence-electron chi connectivity index (χ1n) is 4.49. The van der Waals surface area contributed by atoms with Gasteiger partial charge in [0.05, 0.1) is 0 Å². The molecule has 0 amide bonds. The molecule has 2 heterocycles. The van der Waals surface area contributed by atoms with Crippen molar-refractivity contribution in [1.82, 2.24) is 15.2 Å². The number of nitrogens with zero attached hydrogens (tertiary/aromatic N) is 2. The quantitative estimate of drug-likeness (QED) is 0.723. The third-order valence-corrected chi connectivity index (χ3v) is 2.29. The minimum Gasteiger partial charge on any atom is -0.280 e. The maximum absolute atomic E-state index is 4.20. The van der Waals surface area contributed by atoms with Gasteiger partial charge in [-0.25, -0.2) is 4.98 Å². The molecule has 0 unspecified atom stereocenters. The number of nitrogens with one attached hydrogen (secondary N) is 1. The Labute approximate surface area is 77.2 Å². The third-order valence-electron chi connectivity index (χ3n) is 2.29. The van der Waals surface area contributed by atoms with Crippen LogP contribution in [0.25, 0.3) is 11.0 Å². The van der Waals surface area contributed by atoms with Crippen LogP contribution in [0.1, 0.15) is 31.0 Å². The number of pyridine rings is 1. The van der Waals surface area contributed by atoms with Crippen LogP contribution in [-0.2, 0) is 0 Å². The molecule has 2 aromatic heterocycles. The smallest absolute Gasteiger partial charge is 0.181 e. The average Bonchev–Trinajstić information content (AvgIpc) is 2.48. The first kappa shape index (κ1) is 8.23. The topological polar surface area (TPSA) is 41.6 Å². The largest absolute Gasteiger partial charge is 0.280 e. The van der Waals surface area contributed by atoms with Gasteiger partial charge in [0, 0.05) is 17.3 Å². The van der Waals surface area contributed by atoms with Crippen molar-refractivity contribution in [2.24, 2.45) is 0 Å². The van der Waals surface area contributed by atoms with Gasteiger partial charge >= 0.3 is 0 Å². The van der Waals surface area contributed by atoms with Crippen molar-refractivity contribution in [2.75, 3.05) is 0 Å². The summed E-state index contributed by atoms with van der Waals surface area (Å²) in [4.78, 5) is 4.20. The normalized spacial score (nSPS) is 11.4. The predicted molar refractivity (Wildman–Crippen MR) is 52.7 cm³/mol. The molecular formula is C10H13N3. The van der Waals surface area contributed by atoms with Crippen LogP contribution in [0.4, 0.5) is 0 Å². The zero-order chi connectivity index (χ0) is 9.42. The lowest BCUT2D eigenvalue weighted by molar-refractivity contribution is 0.873. The Morgan fingerprint density at radius 1 is 1.38 bits per heavy atom. The SMILES string of the molecule is Cc1[nH]nc2nccc(C(C)C)c12. The number of fused-ring (bicyclic) bond motifs is 1. The molecule has 1 N–H and O–H groups in total. The number of hydrogen-bond acceptors (Lipinski definition) is 2. The van der Waals surface area contributed by atoms with E-state index < -0.39 is 0 Å². The van der Waals surface area contributed by atoms with Crippen molar-refractivity contribution in [1.29, 1.82) is 0 Å². The molecule has 0 aliphatic heterocycles. The molecule has 0 aliphatic carbocycles. The molecule has 0 radical (unpaired) electrons. The molecule has 0 spiro atoms. The molecule has 0 aliphatic rings. The molecule has 0 aromatic carbocycles. The van der Waals surface area contributed by atoms with Gasteiger partial charge in [0.2, 0.25) is 0 Å². The molecule has 3 nitrogen and oxygen atoms in total. The van der Waals surface area contributed by atoms with Crippen LogP contribution in [0.2, 0.25) is 0 Å². The second kappa shape index (κ2) is 2.83. The zero-order valence-electron chi connectivity index (χ0n) is 8.13. The fourth-order valence-corrected chi connectivity index (χ4v) is 1.61. The fourth-order valence-electron chi connectivity index (χ4n) is 1.61. The van der Waals surface area contributed by atoms with E-state index in [0.717, 1.165) is 11.3 Å². The van der Waals surface area contributed by atoms with Crippen molar-refractivity contribution < 1.29 is 0 Å². The van der Waals surface area contributed by atoms with Crippen molar-refractivity contribution in [2.45, 2.75) is 26.7 Å². The van der Waals surface area contributed by atoms with Gasteiger partial charge in [-0.2, -0.15) is 5.10 Å². The van der Waals surface area contributed by atoms with Gasteiger partial charge < -0.3 is 0 Å². The van der Waals surface area contributed by atoms with E-state index >= 15 is 0 Å². The second-order valence-electron chi connectivity index (χ2n) is 3.60. The number of aryl methyl sites for hydroxylation is 1. The first-order valence-corrected chi connectivity index (χ1v) is 4.49. The average molecular weight is 175 g/mol. The van der Waals surface area contributed by atoms with Crippen LogP contribution in [-0.4, -0.2) is 15.2 Å². The van der Waals surface area contributed by atoms with E-state index in [4.69, 9.17) is 0 Å². The predicted octanol–water partition coefficient (Wildman–Crippen LogP) is 2.39. The Morgan fingerprint density at radius 2 is 2.15 bits per heavy atom. The Bertz CT molecular complexity index is 429. The number of hydrogen-bond donors (Lipinski definition) is 1. The van der Waals surface area contributed by atoms with Crippen LogP contribution < -0.4 is 0 Å². The third kappa shape index (κ3) is 1.20. The summed E-state index contributed by atoms with van der Waals surface area (Å²) >= 11 is 0. The molecule has 0 fully saturated rings. The van der Waals surface area contributed by atoms with E-state index in [9.17, 15) is 0 Å². The molecule has 0 bridgehead atoms. The summed E-state index contributed by atoms with van der Waals surface area (Å²) in [5, 5.41) is 8.26. The minimum atomic E-state index is 0.516. The van der Waals surface area contributed by atoms with Crippen molar-refractivity contribution >= 4 is 11.0 Å². The fraction of sp³-hybridized carbons (Fsp3) is 0.400. The Hall–Kier alpha value is -1.38. The van der Waals surface area contributed by atoms with E-state index in [-0.39, 0.29) is 0 Å². The molecule has 0 saturated carbocycles. The lowest BCUT2D eigenvalue weighted by Crippen LogP contribution is -1.90. The Morgan fingerprint density at radius 3 is 2.85 bits per heavy atom. The number of aromatic nitrogens is 3. The Balaban J connectivity index is 2.80. The summed E-state index contributed by atoms with van der Waals surface area (Å²) in [6.45, 7) is 6.39.